The van der Waals surface area contributed by atoms with Crippen molar-refractivity contribution in [1.29, 1.82) is 0 Å². The number of nitrogens with zero attached hydrogens (tertiary/aromatic N) is 2. The first kappa shape index (κ1) is 12.6. The Labute approximate surface area is 105 Å². The smallest absolute Gasteiger partial charge is 0.165 e. The molecule has 18 heavy (non-hydrogen) atoms. The number of nitrogens with two attached hydrogens (primary N) is 1. The van der Waals surface area contributed by atoms with Crippen LogP contribution in [-0.2, 0) is 13.0 Å². The van der Waals surface area contributed by atoms with Crippen LogP contribution in [0.2, 0.25) is 0 Å². The average Bonchev–Trinajstić information content (AvgIpc) is 2.81. The molecule has 1 aromatic carbocycles. The highest BCUT2D eigenvalue weighted by Crippen LogP contribution is 2.26. The lowest BCUT2D eigenvalue weighted by Gasteiger charge is -2.09. The molecule has 0 aliphatic heterocycles. The second-order valence-electron chi connectivity index (χ2n) is 3.92. The summed E-state index contributed by atoms with van der Waals surface area (Å²) in [5.41, 5.74) is 6.27. The van der Waals surface area contributed by atoms with Crippen molar-refractivity contribution in [1.82, 2.24) is 9.78 Å². The predicted octanol–water partition coefficient (Wildman–Crippen LogP) is 2.34. The second-order valence-corrected chi connectivity index (χ2v) is 3.92. The largest absolute Gasteiger partial charge is 0.454 e. The summed E-state index contributed by atoms with van der Waals surface area (Å²) in [5, 5.41) is 4.12. The van der Waals surface area contributed by atoms with E-state index in [1.165, 1.54) is 12.1 Å². The van der Waals surface area contributed by atoms with E-state index in [0.29, 0.717) is 24.5 Å². The summed E-state index contributed by atoms with van der Waals surface area (Å²) in [4.78, 5) is 0. The highest BCUT2D eigenvalue weighted by molar-refractivity contribution is 5.37. The van der Waals surface area contributed by atoms with Gasteiger partial charge in [0.15, 0.2) is 5.75 Å². The minimum atomic E-state index is -0.282. The van der Waals surface area contributed by atoms with Crippen molar-refractivity contribution in [3.05, 3.63) is 42.0 Å². The fraction of sp³-hybridized carbons (Fsp3) is 0.308. The van der Waals surface area contributed by atoms with Crippen LogP contribution in [0, 0.1) is 5.82 Å². The van der Waals surface area contributed by atoms with Crippen LogP contribution >= 0.6 is 0 Å². The standard InChI is InChI=1S/C13H16FN3O/c1-2-17-9-12(8-16-17)18-13-4-3-11(14)7-10(13)5-6-15/h3-4,7-9H,2,5-6,15H2,1H3. The molecule has 2 rings (SSSR count). The van der Waals surface area contributed by atoms with E-state index >= 15 is 0 Å². The third-order valence-corrected chi connectivity index (χ3v) is 2.60. The van der Waals surface area contributed by atoms with Crippen molar-refractivity contribution in [2.24, 2.45) is 5.73 Å². The van der Waals surface area contributed by atoms with Crippen LogP contribution in [0.25, 0.3) is 0 Å². The van der Waals surface area contributed by atoms with E-state index in [1.54, 1.807) is 23.1 Å². The predicted molar refractivity (Wildman–Crippen MR) is 67.1 cm³/mol. The van der Waals surface area contributed by atoms with Crippen LogP contribution in [0.3, 0.4) is 0 Å². The summed E-state index contributed by atoms with van der Waals surface area (Å²) in [6, 6.07) is 4.44. The fourth-order valence-corrected chi connectivity index (χ4v) is 1.70. The third-order valence-electron chi connectivity index (χ3n) is 2.60. The molecule has 96 valence electrons. The Morgan fingerprint density at radius 2 is 2.28 bits per heavy atom. The second kappa shape index (κ2) is 5.64. The molecule has 0 atom stereocenters. The molecule has 0 saturated carbocycles. The van der Waals surface area contributed by atoms with Crippen LogP contribution in [0.4, 0.5) is 4.39 Å². The molecular weight excluding hydrogens is 233 g/mol. The minimum absolute atomic E-state index is 0.282. The van der Waals surface area contributed by atoms with Crippen LogP contribution < -0.4 is 10.5 Å². The fourth-order valence-electron chi connectivity index (χ4n) is 1.70. The molecule has 4 nitrogen and oxygen atoms in total. The molecule has 0 unspecified atom stereocenters. The molecule has 1 heterocycles. The summed E-state index contributed by atoms with van der Waals surface area (Å²) in [6.45, 7) is 3.23. The topological polar surface area (TPSA) is 53.1 Å². The van der Waals surface area contributed by atoms with Crippen LogP contribution in [0.15, 0.2) is 30.6 Å². The van der Waals surface area contributed by atoms with E-state index in [-0.39, 0.29) is 5.82 Å². The molecule has 0 aliphatic rings. The molecule has 0 spiro atoms. The zero-order chi connectivity index (χ0) is 13.0. The normalized spacial score (nSPS) is 10.6. The number of aromatic nitrogens is 2. The first-order valence-corrected chi connectivity index (χ1v) is 5.91. The number of hydrogen-bond donors (Lipinski definition) is 1. The molecule has 5 heteroatoms. The van der Waals surface area contributed by atoms with Gasteiger partial charge in [0.25, 0.3) is 0 Å². The molecule has 0 bridgehead atoms. The summed E-state index contributed by atoms with van der Waals surface area (Å²) < 4.78 is 20.6. The van der Waals surface area contributed by atoms with E-state index in [9.17, 15) is 4.39 Å². The van der Waals surface area contributed by atoms with Gasteiger partial charge in [-0.2, -0.15) is 5.10 Å². The molecule has 0 aliphatic carbocycles. The third kappa shape index (κ3) is 2.87. The Hall–Kier alpha value is -1.88. The molecular formula is C13H16FN3O. The van der Waals surface area contributed by atoms with E-state index in [0.717, 1.165) is 12.1 Å². The Bertz CT molecular complexity index is 525. The number of ether oxygens (including phenoxy) is 1. The zero-order valence-electron chi connectivity index (χ0n) is 10.3. The highest BCUT2D eigenvalue weighted by atomic mass is 19.1. The lowest BCUT2D eigenvalue weighted by molar-refractivity contribution is 0.472. The lowest BCUT2D eigenvalue weighted by Crippen LogP contribution is -2.04. The Morgan fingerprint density at radius 3 is 2.94 bits per heavy atom. The molecule has 0 radical (unpaired) electrons. The van der Waals surface area contributed by atoms with Crippen molar-refractivity contribution in [3.63, 3.8) is 0 Å². The highest BCUT2D eigenvalue weighted by Gasteiger charge is 2.07. The Morgan fingerprint density at radius 1 is 1.44 bits per heavy atom. The van der Waals surface area contributed by atoms with E-state index in [4.69, 9.17) is 10.5 Å². The Balaban J connectivity index is 2.22. The first-order valence-electron chi connectivity index (χ1n) is 5.91. The van der Waals surface area contributed by atoms with Gasteiger partial charge in [0.2, 0.25) is 0 Å². The van der Waals surface area contributed by atoms with Crippen molar-refractivity contribution in [3.8, 4) is 11.5 Å². The van der Waals surface area contributed by atoms with Gasteiger partial charge in [-0.3, -0.25) is 4.68 Å². The minimum Gasteiger partial charge on any atom is -0.454 e. The quantitative estimate of drug-likeness (QED) is 0.884. The average molecular weight is 249 g/mol. The van der Waals surface area contributed by atoms with Crippen molar-refractivity contribution in [2.75, 3.05) is 6.54 Å². The maximum Gasteiger partial charge on any atom is 0.165 e. The number of aryl methyl sites for hydroxylation is 1. The molecule has 1 aromatic heterocycles. The van der Waals surface area contributed by atoms with Gasteiger partial charge in [0.05, 0.1) is 12.4 Å². The van der Waals surface area contributed by atoms with Gasteiger partial charge >= 0.3 is 0 Å². The molecule has 2 aromatic rings. The summed E-state index contributed by atoms with van der Waals surface area (Å²) in [6.07, 6.45) is 4.02. The van der Waals surface area contributed by atoms with E-state index < -0.39 is 0 Å². The number of hydrogen-bond acceptors (Lipinski definition) is 3. The van der Waals surface area contributed by atoms with Crippen molar-refractivity contribution < 1.29 is 9.13 Å². The summed E-state index contributed by atoms with van der Waals surface area (Å²) in [7, 11) is 0. The number of halogens is 1. The zero-order valence-corrected chi connectivity index (χ0v) is 10.3. The maximum absolute atomic E-state index is 13.2. The van der Waals surface area contributed by atoms with E-state index in [2.05, 4.69) is 5.10 Å². The van der Waals surface area contributed by atoms with Gasteiger partial charge < -0.3 is 10.5 Å². The number of benzene rings is 1. The van der Waals surface area contributed by atoms with Gasteiger partial charge in [-0.1, -0.05) is 0 Å². The number of rotatable bonds is 5. The van der Waals surface area contributed by atoms with Gasteiger partial charge in [-0.15, -0.1) is 0 Å². The van der Waals surface area contributed by atoms with Gasteiger partial charge in [0.1, 0.15) is 11.6 Å². The maximum atomic E-state index is 13.2. The summed E-state index contributed by atoms with van der Waals surface area (Å²) >= 11 is 0. The Kier molecular flexibility index (Phi) is 3.94. The molecule has 0 amide bonds. The van der Waals surface area contributed by atoms with Crippen molar-refractivity contribution in [2.45, 2.75) is 19.9 Å². The molecule has 2 N–H and O–H groups in total. The first-order chi connectivity index (χ1) is 8.72. The van der Waals surface area contributed by atoms with Gasteiger partial charge in [-0.25, -0.2) is 4.39 Å². The molecule has 0 saturated heterocycles. The monoisotopic (exact) mass is 249 g/mol. The van der Waals surface area contributed by atoms with Crippen molar-refractivity contribution >= 4 is 0 Å². The SMILES string of the molecule is CCn1cc(Oc2ccc(F)cc2CCN)cn1. The van der Waals surface area contributed by atoms with Crippen LogP contribution in [-0.4, -0.2) is 16.3 Å². The van der Waals surface area contributed by atoms with Crippen LogP contribution in [0.5, 0.6) is 11.5 Å². The van der Waals surface area contributed by atoms with E-state index in [1.807, 2.05) is 6.92 Å². The molecule has 0 fully saturated rings. The summed E-state index contributed by atoms with van der Waals surface area (Å²) in [5.74, 6) is 0.981. The van der Waals surface area contributed by atoms with Gasteiger partial charge in [-0.05, 0) is 43.7 Å². The lowest BCUT2D eigenvalue weighted by atomic mass is 10.1. The van der Waals surface area contributed by atoms with Crippen LogP contribution in [0.1, 0.15) is 12.5 Å². The van der Waals surface area contributed by atoms with Gasteiger partial charge in [0, 0.05) is 6.54 Å².